The molecule has 3 aromatic carbocycles. The molecule has 0 fully saturated rings. The average Bonchev–Trinajstić information content (AvgIpc) is 2.70. The maximum Gasteiger partial charge on any atom is 0.342 e. The van der Waals surface area contributed by atoms with E-state index in [-0.39, 0.29) is 17.1 Å². The highest BCUT2D eigenvalue weighted by Gasteiger charge is 2.17. The van der Waals surface area contributed by atoms with Crippen LogP contribution in [-0.4, -0.2) is 36.5 Å². The number of ether oxygens (including phenoxy) is 2. The highest BCUT2D eigenvalue weighted by Crippen LogP contribution is 2.27. The van der Waals surface area contributed by atoms with Gasteiger partial charge < -0.3 is 14.6 Å². The molecule has 3 rings (SSSR count). The number of rotatable bonds is 5. The van der Waals surface area contributed by atoms with E-state index in [4.69, 9.17) is 4.74 Å². The number of aromatic hydroxyl groups is 1. The minimum Gasteiger partial charge on any atom is -0.507 e. The van der Waals surface area contributed by atoms with E-state index in [2.05, 4.69) is 4.74 Å². The Labute approximate surface area is 155 Å². The van der Waals surface area contributed by atoms with Gasteiger partial charge in [-0.2, -0.15) is 0 Å². The van der Waals surface area contributed by atoms with Crippen LogP contribution in [0.5, 0.6) is 5.75 Å². The van der Waals surface area contributed by atoms with Crippen LogP contribution in [0.1, 0.15) is 31.1 Å². The summed E-state index contributed by atoms with van der Waals surface area (Å²) < 4.78 is 9.71. The number of esters is 2. The second-order valence-corrected chi connectivity index (χ2v) is 5.79. The molecule has 27 heavy (non-hydrogen) atoms. The molecular formula is C21H16O6. The number of Topliss-reactive ketones (excluding diaryl/α,β-unsaturated/α-hetero) is 1. The van der Waals surface area contributed by atoms with Crippen molar-refractivity contribution in [3.8, 4) is 5.75 Å². The molecule has 3 aromatic rings. The van der Waals surface area contributed by atoms with E-state index in [1.54, 1.807) is 48.5 Å². The normalized spacial score (nSPS) is 10.4. The third kappa shape index (κ3) is 3.95. The van der Waals surface area contributed by atoms with Gasteiger partial charge in [0.15, 0.2) is 12.4 Å². The first-order valence-corrected chi connectivity index (χ1v) is 8.10. The van der Waals surface area contributed by atoms with E-state index in [0.717, 1.165) is 0 Å². The molecule has 0 amide bonds. The van der Waals surface area contributed by atoms with Crippen molar-refractivity contribution >= 4 is 28.5 Å². The predicted molar refractivity (Wildman–Crippen MR) is 98.0 cm³/mol. The Balaban J connectivity index is 1.82. The maximum atomic E-state index is 12.3. The number of ketones is 1. The van der Waals surface area contributed by atoms with Crippen LogP contribution in [0, 0.1) is 0 Å². The molecule has 0 aliphatic carbocycles. The monoisotopic (exact) mass is 364 g/mol. The predicted octanol–water partition coefficient (Wildman–Crippen LogP) is 3.37. The Hall–Kier alpha value is -3.67. The molecule has 0 radical (unpaired) electrons. The summed E-state index contributed by atoms with van der Waals surface area (Å²) in [4.78, 5) is 36.0. The third-order valence-electron chi connectivity index (χ3n) is 4.03. The van der Waals surface area contributed by atoms with E-state index in [1.165, 1.54) is 19.2 Å². The molecule has 0 unspecified atom stereocenters. The maximum absolute atomic E-state index is 12.3. The molecule has 1 N–H and O–H groups in total. The van der Waals surface area contributed by atoms with Gasteiger partial charge in [-0.05, 0) is 35.0 Å². The fourth-order valence-electron chi connectivity index (χ4n) is 2.61. The molecular weight excluding hydrogens is 348 g/mol. The van der Waals surface area contributed by atoms with Crippen LogP contribution in [0.4, 0.5) is 0 Å². The summed E-state index contributed by atoms with van der Waals surface area (Å²) in [5.41, 5.74) is 0.649. The summed E-state index contributed by atoms with van der Waals surface area (Å²) in [6.45, 7) is -0.442. The zero-order valence-corrected chi connectivity index (χ0v) is 14.5. The summed E-state index contributed by atoms with van der Waals surface area (Å²) in [6.07, 6.45) is 0. The number of methoxy groups -OCH3 is 1. The van der Waals surface area contributed by atoms with E-state index < -0.39 is 18.5 Å². The fourth-order valence-corrected chi connectivity index (χ4v) is 2.61. The lowest BCUT2D eigenvalue weighted by Gasteiger charge is -2.08. The summed E-state index contributed by atoms with van der Waals surface area (Å²) >= 11 is 0. The number of hydrogen-bond acceptors (Lipinski definition) is 6. The van der Waals surface area contributed by atoms with Gasteiger partial charge in [-0.15, -0.1) is 0 Å². The number of carbonyl (C=O) groups is 3. The molecule has 0 aromatic heterocycles. The van der Waals surface area contributed by atoms with Gasteiger partial charge in [0.1, 0.15) is 11.3 Å². The van der Waals surface area contributed by atoms with Crippen molar-refractivity contribution in [3.05, 3.63) is 77.4 Å². The average molecular weight is 364 g/mol. The quantitative estimate of drug-likeness (QED) is 0.551. The molecule has 0 heterocycles. The number of carbonyl (C=O) groups excluding carboxylic acids is 3. The van der Waals surface area contributed by atoms with E-state index in [9.17, 15) is 19.5 Å². The van der Waals surface area contributed by atoms with Crippen LogP contribution in [0.2, 0.25) is 0 Å². The van der Waals surface area contributed by atoms with Gasteiger partial charge in [0.05, 0.1) is 12.7 Å². The molecule has 0 bridgehead atoms. The van der Waals surface area contributed by atoms with Crippen molar-refractivity contribution in [2.45, 2.75) is 0 Å². The molecule has 136 valence electrons. The molecule has 6 nitrogen and oxygen atoms in total. The smallest absolute Gasteiger partial charge is 0.342 e. The molecule has 0 saturated carbocycles. The Morgan fingerprint density at radius 3 is 2.30 bits per heavy atom. The first-order valence-electron chi connectivity index (χ1n) is 8.10. The SMILES string of the molecule is COC(=O)c1ccc2cc(O)c(C(=O)OCC(=O)c3ccccc3)cc2c1. The lowest BCUT2D eigenvalue weighted by molar-refractivity contribution is 0.0472. The van der Waals surface area contributed by atoms with Crippen LogP contribution >= 0.6 is 0 Å². The van der Waals surface area contributed by atoms with Crippen LogP contribution in [0.15, 0.2) is 60.7 Å². The van der Waals surface area contributed by atoms with Crippen molar-refractivity contribution in [3.63, 3.8) is 0 Å². The number of phenolic OH excluding ortho intramolecular Hbond substituents is 1. The van der Waals surface area contributed by atoms with Gasteiger partial charge in [0.25, 0.3) is 0 Å². The zero-order chi connectivity index (χ0) is 19.4. The van der Waals surface area contributed by atoms with E-state index >= 15 is 0 Å². The molecule has 0 spiro atoms. The molecule has 0 saturated heterocycles. The number of phenols is 1. The Morgan fingerprint density at radius 1 is 0.852 bits per heavy atom. The standard InChI is InChI=1S/C21H16O6/c1-26-20(24)15-8-7-14-11-18(22)17(10-16(14)9-15)21(25)27-12-19(23)13-5-3-2-4-6-13/h2-11,22H,12H2,1H3. The lowest BCUT2D eigenvalue weighted by Crippen LogP contribution is -2.14. The minimum atomic E-state index is -0.831. The molecule has 6 heteroatoms. The molecule has 0 atom stereocenters. The highest BCUT2D eigenvalue weighted by molar-refractivity contribution is 6.03. The minimum absolute atomic E-state index is 0.0922. The lowest BCUT2D eigenvalue weighted by atomic mass is 10.0. The van der Waals surface area contributed by atoms with Crippen LogP contribution in [0.3, 0.4) is 0 Å². The van der Waals surface area contributed by atoms with Gasteiger partial charge in [0.2, 0.25) is 0 Å². The van der Waals surface area contributed by atoms with Crippen molar-refractivity contribution in [2.75, 3.05) is 13.7 Å². The number of hydrogen-bond donors (Lipinski definition) is 1. The van der Waals surface area contributed by atoms with E-state index in [0.29, 0.717) is 21.9 Å². The summed E-state index contributed by atoms with van der Waals surface area (Å²) in [6, 6.07) is 16.0. The Bertz CT molecular complexity index is 1020. The summed E-state index contributed by atoms with van der Waals surface area (Å²) in [5.74, 6) is -1.97. The first kappa shape index (κ1) is 18.1. The van der Waals surface area contributed by atoms with Crippen LogP contribution < -0.4 is 0 Å². The Kier molecular flexibility index (Phi) is 5.17. The second-order valence-electron chi connectivity index (χ2n) is 5.79. The van der Waals surface area contributed by atoms with Crippen molar-refractivity contribution in [1.29, 1.82) is 0 Å². The summed E-state index contributed by atoms with van der Waals surface area (Å²) in [5, 5.41) is 11.3. The van der Waals surface area contributed by atoms with Gasteiger partial charge in [-0.1, -0.05) is 36.4 Å². The molecule has 0 aliphatic heterocycles. The van der Waals surface area contributed by atoms with Gasteiger partial charge >= 0.3 is 11.9 Å². The van der Waals surface area contributed by atoms with Gasteiger partial charge in [-0.3, -0.25) is 4.79 Å². The summed E-state index contributed by atoms with van der Waals surface area (Å²) in [7, 11) is 1.27. The van der Waals surface area contributed by atoms with E-state index in [1.807, 2.05) is 0 Å². The Morgan fingerprint density at radius 2 is 1.59 bits per heavy atom. The van der Waals surface area contributed by atoms with Crippen LogP contribution in [0.25, 0.3) is 10.8 Å². The van der Waals surface area contributed by atoms with Gasteiger partial charge in [-0.25, -0.2) is 9.59 Å². The van der Waals surface area contributed by atoms with Crippen molar-refractivity contribution in [1.82, 2.24) is 0 Å². The largest absolute Gasteiger partial charge is 0.507 e. The van der Waals surface area contributed by atoms with Crippen molar-refractivity contribution in [2.24, 2.45) is 0 Å². The number of benzene rings is 3. The molecule has 0 aliphatic rings. The fraction of sp³-hybridized carbons (Fsp3) is 0.0952. The number of fused-ring (bicyclic) bond motifs is 1. The second kappa shape index (κ2) is 7.70. The zero-order valence-electron chi connectivity index (χ0n) is 14.5. The third-order valence-corrected chi connectivity index (χ3v) is 4.03. The highest BCUT2D eigenvalue weighted by atomic mass is 16.5. The topological polar surface area (TPSA) is 89.9 Å². The first-order chi connectivity index (χ1) is 13.0. The van der Waals surface area contributed by atoms with Crippen molar-refractivity contribution < 1.29 is 29.0 Å². The van der Waals surface area contributed by atoms with Gasteiger partial charge in [0, 0.05) is 5.56 Å². The van der Waals surface area contributed by atoms with Crippen LogP contribution in [-0.2, 0) is 9.47 Å².